The zero-order valence-electron chi connectivity index (χ0n) is 61.0. The normalized spacial score (nSPS) is 14.0. The molecule has 0 spiro atoms. The lowest BCUT2D eigenvalue weighted by Gasteiger charge is -2.22. The van der Waals surface area contributed by atoms with E-state index in [-0.39, 0.29) is 11.6 Å². The van der Waals surface area contributed by atoms with Crippen LogP contribution in [0.1, 0.15) is 87.2 Å². The summed E-state index contributed by atoms with van der Waals surface area (Å²) in [7, 11) is 0. The first-order valence-corrected chi connectivity index (χ1v) is 39.0. The van der Waals surface area contributed by atoms with Crippen molar-refractivity contribution in [1.82, 2.24) is 47.1 Å². The van der Waals surface area contributed by atoms with Gasteiger partial charge in [-0.1, -0.05) is 196 Å². The first kappa shape index (κ1) is 64.7. The first-order chi connectivity index (χ1) is 54.8. The van der Waals surface area contributed by atoms with Gasteiger partial charge in [0.25, 0.3) is 0 Å². The standard InChI is InChI=1S/C41H26N4.C35H35N3.C23H13F2N3/c1-2-12-28-26-43-41(23-27(28)11-1)36(25-42-43)29-21-30(44-37-17-7-3-13-32(37)33-14-4-8-18-38(33)44)24-31(22-29)45-39-19-9-5-15-34(39)35-16-6-10-20-40(35)45;1-3-9-24(10-4-1)27-15-17-32-30(19-27)31-20-28(25-11-5-2-6-12-25)16-18-33(31)38(32)35-22-36-37-23-29-14-8-7-13-26(29)21-34(35)37;24-16-5-7-20-18(10-16)19-11-17(25)6-8-21(19)28(20)23-12-26-27-13-15-4-2-1-3-14(15)9-22(23)27/h1-26H;7-8,13-25H,1-6,9-12H2;1-13H. The molecule has 10 aromatic heterocycles. The molecule has 0 saturated heterocycles. The van der Waals surface area contributed by atoms with E-state index in [1.807, 2.05) is 48.7 Å². The minimum atomic E-state index is -0.346. The quantitative estimate of drug-likeness (QED) is 0.160. The van der Waals surface area contributed by atoms with Gasteiger partial charge in [0.15, 0.2) is 0 Å². The number of benzene rings is 12. The van der Waals surface area contributed by atoms with Crippen molar-refractivity contribution in [3.8, 4) is 33.9 Å². The molecule has 22 aromatic rings. The molecule has 10 heterocycles. The van der Waals surface area contributed by atoms with Crippen LogP contribution in [-0.2, 0) is 0 Å². The van der Waals surface area contributed by atoms with Crippen LogP contribution >= 0.6 is 0 Å². The van der Waals surface area contributed by atoms with Gasteiger partial charge in [-0.2, -0.15) is 15.3 Å². The summed E-state index contributed by atoms with van der Waals surface area (Å²) in [4.78, 5) is 0. The minimum Gasteiger partial charge on any atom is -0.309 e. The highest BCUT2D eigenvalue weighted by molar-refractivity contribution is 6.14. The zero-order valence-corrected chi connectivity index (χ0v) is 61.0. The molecule has 2 fully saturated rings. The second-order valence-electron chi connectivity index (χ2n) is 30.5. The molecule has 0 atom stereocenters. The van der Waals surface area contributed by atoms with Crippen molar-refractivity contribution in [2.45, 2.75) is 76.0 Å². The van der Waals surface area contributed by atoms with E-state index in [1.165, 1.54) is 187 Å². The van der Waals surface area contributed by atoms with Crippen LogP contribution in [0.5, 0.6) is 0 Å². The Morgan fingerprint density at radius 1 is 0.252 bits per heavy atom. The van der Waals surface area contributed by atoms with Crippen molar-refractivity contribution in [1.29, 1.82) is 0 Å². The number of aromatic nitrogens is 10. The van der Waals surface area contributed by atoms with Gasteiger partial charge in [0.1, 0.15) is 11.6 Å². The van der Waals surface area contributed by atoms with Gasteiger partial charge in [0, 0.05) is 94.8 Å². The summed E-state index contributed by atoms with van der Waals surface area (Å²) in [6.45, 7) is 0. The van der Waals surface area contributed by atoms with Gasteiger partial charge in [0.2, 0.25) is 0 Å². The van der Waals surface area contributed by atoms with Crippen molar-refractivity contribution in [3.05, 3.63) is 339 Å². The predicted octanol–water partition coefficient (Wildman–Crippen LogP) is 25.9. The van der Waals surface area contributed by atoms with Gasteiger partial charge in [-0.15, -0.1) is 0 Å². The third-order valence-electron chi connectivity index (χ3n) is 24.1. The Labute approximate surface area is 637 Å². The fourth-order valence-electron chi connectivity index (χ4n) is 18.8. The predicted molar refractivity (Wildman–Crippen MR) is 452 cm³/mol. The van der Waals surface area contributed by atoms with Crippen LogP contribution in [0.4, 0.5) is 8.78 Å². The Hall–Kier alpha value is -13.5. The third-order valence-corrected chi connectivity index (χ3v) is 24.1. The minimum absolute atomic E-state index is 0.346. The average Bonchev–Trinajstić information content (AvgIpc) is 1.59. The van der Waals surface area contributed by atoms with Gasteiger partial charge >= 0.3 is 0 Å². The Morgan fingerprint density at radius 3 is 0.982 bits per heavy atom. The largest absolute Gasteiger partial charge is 0.309 e. The molecule has 0 bridgehead atoms. The molecule has 111 heavy (non-hydrogen) atoms. The van der Waals surface area contributed by atoms with Gasteiger partial charge in [-0.25, -0.2) is 22.3 Å². The Kier molecular flexibility index (Phi) is 15.3. The van der Waals surface area contributed by atoms with Crippen LogP contribution in [0.2, 0.25) is 0 Å². The summed E-state index contributed by atoms with van der Waals surface area (Å²) in [5.41, 5.74) is 21.7. The van der Waals surface area contributed by atoms with Crippen LogP contribution in [0, 0.1) is 11.6 Å². The number of halogens is 2. The van der Waals surface area contributed by atoms with E-state index >= 15 is 0 Å². The molecule has 2 saturated carbocycles. The zero-order chi connectivity index (χ0) is 73.4. The number of nitrogens with zero attached hydrogens (tertiary/aromatic N) is 10. The molecule has 0 aliphatic heterocycles. The maximum absolute atomic E-state index is 13.9. The summed E-state index contributed by atoms with van der Waals surface area (Å²) in [5, 5.41) is 30.4. The first-order valence-electron chi connectivity index (χ1n) is 39.0. The number of rotatable bonds is 7. The van der Waals surface area contributed by atoms with Crippen molar-refractivity contribution in [2.24, 2.45) is 0 Å². The van der Waals surface area contributed by atoms with Crippen LogP contribution < -0.4 is 0 Å². The fourth-order valence-corrected chi connectivity index (χ4v) is 18.8. The summed E-state index contributed by atoms with van der Waals surface area (Å²) >= 11 is 0. The monoisotopic (exact) mass is 1440 g/mol. The molecule has 0 amide bonds. The average molecular weight is 1440 g/mol. The van der Waals surface area contributed by atoms with Crippen LogP contribution in [0.15, 0.2) is 316 Å². The number of para-hydroxylation sites is 4. The Morgan fingerprint density at radius 2 is 0.577 bits per heavy atom. The molecule has 24 rings (SSSR count). The topological polar surface area (TPSA) is 71.6 Å². The SMILES string of the molecule is Fc1ccc2c(c1)c1cc(F)ccc1n2-c1cnn2cc3ccccc3cc12.c1ccc2cn3ncc(-c4cc(-n5c6ccccc6c6ccccc65)cc(-n5c6ccccc6c6ccccc65)c4)c3cc2c1.c1ccc2cn3ncc(-n4c5ccc(C6CCCCC6)cc5c5cc(C6CCCCC6)ccc54)c3cc2c1. The maximum Gasteiger partial charge on any atom is 0.123 e. The Balaban J connectivity index is 0.000000105. The van der Waals surface area contributed by atoms with Crippen LogP contribution in [-0.4, -0.2) is 47.1 Å². The van der Waals surface area contributed by atoms with E-state index in [9.17, 15) is 8.78 Å². The number of hydrogen-bond acceptors (Lipinski definition) is 3. The highest BCUT2D eigenvalue weighted by atomic mass is 19.1. The third kappa shape index (κ3) is 10.8. The highest BCUT2D eigenvalue weighted by Crippen LogP contribution is 2.44. The number of fused-ring (bicyclic) bond motifs is 18. The van der Waals surface area contributed by atoms with Crippen molar-refractivity contribution < 1.29 is 8.78 Å². The highest BCUT2D eigenvalue weighted by Gasteiger charge is 2.25. The van der Waals surface area contributed by atoms with E-state index in [0.717, 1.165) is 72.2 Å². The van der Waals surface area contributed by atoms with E-state index in [2.05, 4.69) is 262 Å². The molecule has 2 aliphatic carbocycles. The van der Waals surface area contributed by atoms with Gasteiger partial charge in [0.05, 0.1) is 90.6 Å². The summed E-state index contributed by atoms with van der Waals surface area (Å²) in [5.74, 6) is 0.719. The molecule has 534 valence electrons. The second kappa shape index (κ2) is 26.2. The molecule has 2 aliphatic rings. The molecule has 0 N–H and O–H groups in total. The summed E-state index contributed by atoms with van der Waals surface area (Å²) in [6, 6.07) is 97.5. The molecule has 12 heteroatoms. The molecule has 12 aromatic carbocycles. The molecular weight excluding hydrogens is 1370 g/mol. The van der Waals surface area contributed by atoms with E-state index in [0.29, 0.717) is 22.6 Å². The molecule has 0 unspecified atom stereocenters. The van der Waals surface area contributed by atoms with Crippen LogP contribution in [0.25, 0.3) is 170 Å². The van der Waals surface area contributed by atoms with Gasteiger partial charge < -0.3 is 18.3 Å². The smallest absolute Gasteiger partial charge is 0.123 e. The molecular formula is C99H74F2N10. The lowest BCUT2D eigenvalue weighted by Crippen LogP contribution is -2.04. The maximum atomic E-state index is 13.9. The lowest BCUT2D eigenvalue weighted by atomic mass is 9.83. The van der Waals surface area contributed by atoms with Crippen molar-refractivity contribution in [3.63, 3.8) is 0 Å². The molecule has 10 nitrogen and oxygen atoms in total. The van der Waals surface area contributed by atoms with Crippen molar-refractivity contribution in [2.75, 3.05) is 0 Å². The van der Waals surface area contributed by atoms with E-state index < -0.39 is 0 Å². The van der Waals surface area contributed by atoms with Gasteiger partial charge in [-0.3, -0.25) is 0 Å². The van der Waals surface area contributed by atoms with Gasteiger partial charge in [-0.05, 0) is 192 Å². The van der Waals surface area contributed by atoms with Crippen molar-refractivity contribution >= 4 is 136 Å². The second-order valence-corrected chi connectivity index (χ2v) is 30.5. The van der Waals surface area contributed by atoms with Crippen LogP contribution in [0.3, 0.4) is 0 Å². The molecule has 0 radical (unpaired) electrons. The van der Waals surface area contributed by atoms with E-state index in [1.54, 1.807) is 18.3 Å². The fraction of sp³-hybridized carbons (Fsp3) is 0.121. The lowest BCUT2D eigenvalue weighted by molar-refractivity contribution is 0.444. The summed E-state index contributed by atoms with van der Waals surface area (Å²) in [6.07, 6.45) is 25.7. The summed E-state index contributed by atoms with van der Waals surface area (Å²) < 4.78 is 43.0. The van der Waals surface area contributed by atoms with E-state index in [4.69, 9.17) is 10.2 Å². The Bertz CT molecular complexity index is 7120. The number of hydrogen-bond donors (Lipinski definition) is 0. The number of pyridine rings is 3.